The number of carbonyl (C=O) groups is 2. The number of piperidine rings is 1. The number of nitrogens with zero attached hydrogens (tertiary/aromatic N) is 2. The molecule has 2 aromatic carbocycles. The maximum Gasteiger partial charge on any atom is 0.270 e. The molecular formula is C25H31ClN4O4. The van der Waals surface area contributed by atoms with Crippen molar-refractivity contribution < 1.29 is 14.5 Å². The van der Waals surface area contributed by atoms with Crippen LogP contribution in [-0.2, 0) is 11.3 Å². The van der Waals surface area contributed by atoms with Gasteiger partial charge in [0.1, 0.15) is 6.04 Å². The zero-order valence-electron chi connectivity index (χ0n) is 19.7. The van der Waals surface area contributed by atoms with Gasteiger partial charge < -0.3 is 10.6 Å². The smallest absolute Gasteiger partial charge is 0.270 e. The molecule has 182 valence electrons. The average Bonchev–Trinajstić information content (AvgIpc) is 2.78. The van der Waals surface area contributed by atoms with Gasteiger partial charge in [-0.1, -0.05) is 55.3 Å². The first kappa shape index (κ1) is 25.6. The molecule has 8 nitrogen and oxygen atoms in total. The maximum atomic E-state index is 13.0. The lowest BCUT2D eigenvalue weighted by atomic mass is 9.99. The lowest BCUT2D eigenvalue weighted by Crippen LogP contribution is -2.54. The van der Waals surface area contributed by atoms with Crippen molar-refractivity contribution in [2.75, 3.05) is 13.1 Å². The molecule has 0 saturated carbocycles. The molecule has 1 fully saturated rings. The van der Waals surface area contributed by atoms with Gasteiger partial charge in [-0.2, -0.15) is 0 Å². The van der Waals surface area contributed by atoms with Crippen LogP contribution in [0.4, 0.5) is 5.69 Å². The van der Waals surface area contributed by atoms with E-state index >= 15 is 0 Å². The van der Waals surface area contributed by atoms with Crippen LogP contribution >= 0.6 is 11.6 Å². The van der Waals surface area contributed by atoms with Crippen LogP contribution in [0.25, 0.3) is 0 Å². The summed E-state index contributed by atoms with van der Waals surface area (Å²) in [5.74, 6) is -0.928. The van der Waals surface area contributed by atoms with Crippen molar-refractivity contribution in [1.82, 2.24) is 15.5 Å². The Bertz CT molecular complexity index is 1050. The maximum absolute atomic E-state index is 13.0. The van der Waals surface area contributed by atoms with E-state index in [9.17, 15) is 19.7 Å². The minimum Gasteiger partial charge on any atom is -0.351 e. The molecule has 0 aromatic heterocycles. The number of hydrogen-bond acceptors (Lipinski definition) is 5. The molecule has 34 heavy (non-hydrogen) atoms. The van der Waals surface area contributed by atoms with Gasteiger partial charge in [0.05, 0.1) is 15.5 Å². The highest BCUT2D eigenvalue weighted by atomic mass is 35.5. The number of amides is 2. The number of rotatable bonds is 8. The Kier molecular flexibility index (Phi) is 8.63. The van der Waals surface area contributed by atoms with Crippen LogP contribution in [0.5, 0.6) is 0 Å². The van der Waals surface area contributed by atoms with Gasteiger partial charge in [0, 0.05) is 37.8 Å². The second kappa shape index (κ2) is 11.4. The molecular weight excluding hydrogens is 456 g/mol. The number of aryl methyl sites for hydroxylation is 1. The summed E-state index contributed by atoms with van der Waals surface area (Å²) in [6, 6.07) is 11.4. The van der Waals surface area contributed by atoms with Crippen LogP contribution in [0.1, 0.15) is 48.2 Å². The van der Waals surface area contributed by atoms with Gasteiger partial charge in [0.15, 0.2) is 0 Å². The Morgan fingerprint density at radius 3 is 2.47 bits per heavy atom. The summed E-state index contributed by atoms with van der Waals surface area (Å²) in [6.45, 7) is 8.46. The largest absolute Gasteiger partial charge is 0.351 e. The Hall–Kier alpha value is -2.97. The zero-order chi connectivity index (χ0) is 24.8. The fourth-order valence-electron chi connectivity index (χ4n) is 4.15. The van der Waals surface area contributed by atoms with Crippen LogP contribution in [0, 0.1) is 23.0 Å². The van der Waals surface area contributed by atoms with E-state index < -0.39 is 16.9 Å². The van der Waals surface area contributed by atoms with E-state index in [0.717, 1.165) is 38.5 Å². The summed E-state index contributed by atoms with van der Waals surface area (Å²) >= 11 is 6.08. The van der Waals surface area contributed by atoms with Gasteiger partial charge in [-0.25, -0.2) is 0 Å². The molecule has 1 saturated heterocycles. The quantitative estimate of drug-likeness (QED) is 0.432. The first-order valence-electron chi connectivity index (χ1n) is 11.5. The highest BCUT2D eigenvalue weighted by Gasteiger charge is 2.29. The number of nitro groups is 1. The summed E-state index contributed by atoms with van der Waals surface area (Å²) in [5.41, 5.74) is 2.43. The van der Waals surface area contributed by atoms with Crippen molar-refractivity contribution in [2.24, 2.45) is 5.92 Å². The van der Waals surface area contributed by atoms with E-state index in [1.807, 2.05) is 13.8 Å². The molecule has 9 heteroatoms. The molecule has 0 bridgehead atoms. The van der Waals surface area contributed by atoms with Crippen LogP contribution in [0.15, 0.2) is 42.5 Å². The second-order valence-corrected chi connectivity index (χ2v) is 9.57. The van der Waals surface area contributed by atoms with Crippen molar-refractivity contribution in [3.8, 4) is 0 Å². The topological polar surface area (TPSA) is 105 Å². The third-order valence-corrected chi connectivity index (χ3v) is 6.38. The van der Waals surface area contributed by atoms with Crippen molar-refractivity contribution in [3.63, 3.8) is 0 Å². The number of non-ortho nitro benzene ring substituents is 1. The number of nitrogens with one attached hydrogen (secondary N) is 2. The monoisotopic (exact) mass is 486 g/mol. The van der Waals surface area contributed by atoms with Gasteiger partial charge in [-0.3, -0.25) is 24.6 Å². The molecule has 2 amide bonds. The average molecular weight is 487 g/mol. The number of benzene rings is 2. The fraction of sp³-hybridized carbons (Fsp3) is 0.440. The first-order chi connectivity index (χ1) is 16.1. The van der Waals surface area contributed by atoms with Crippen molar-refractivity contribution in [1.29, 1.82) is 0 Å². The van der Waals surface area contributed by atoms with E-state index in [1.165, 1.54) is 23.3 Å². The molecule has 3 rings (SSSR count). The van der Waals surface area contributed by atoms with E-state index in [2.05, 4.69) is 46.7 Å². The molecule has 1 heterocycles. The third-order valence-electron chi connectivity index (χ3n) is 6.07. The number of hydrogen-bond donors (Lipinski definition) is 2. The molecule has 0 aliphatic carbocycles. The lowest BCUT2D eigenvalue weighted by Gasteiger charge is -2.33. The molecule has 1 aliphatic heterocycles. The zero-order valence-corrected chi connectivity index (χ0v) is 20.5. The Balaban J connectivity index is 1.55. The predicted molar refractivity (Wildman–Crippen MR) is 132 cm³/mol. The second-order valence-electron chi connectivity index (χ2n) is 9.16. The minimum absolute atomic E-state index is 0.0319. The third kappa shape index (κ3) is 6.77. The predicted octanol–water partition coefficient (Wildman–Crippen LogP) is 4.09. The SMILES string of the molecule is Cc1cccc(CN2CCC(NC(=O)C(NC(=O)c3ccc([N+](=O)[O-])cc3Cl)C(C)C)CC2)c1. The molecule has 1 aliphatic rings. The van der Waals surface area contributed by atoms with Crippen LogP contribution in [0.3, 0.4) is 0 Å². The molecule has 0 spiro atoms. The van der Waals surface area contributed by atoms with Gasteiger partial charge in [-0.05, 0) is 37.3 Å². The summed E-state index contributed by atoms with van der Waals surface area (Å²) in [4.78, 5) is 38.4. The van der Waals surface area contributed by atoms with Crippen LogP contribution < -0.4 is 10.6 Å². The molecule has 1 unspecified atom stereocenters. The Morgan fingerprint density at radius 1 is 1.18 bits per heavy atom. The molecule has 1 atom stereocenters. The van der Waals surface area contributed by atoms with Crippen molar-refractivity contribution in [3.05, 3.63) is 74.3 Å². The number of likely N-dealkylation sites (tertiary alicyclic amines) is 1. The first-order valence-corrected chi connectivity index (χ1v) is 11.8. The van der Waals surface area contributed by atoms with Gasteiger partial charge in [0.25, 0.3) is 11.6 Å². The Morgan fingerprint density at radius 2 is 1.88 bits per heavy atom. The van der Waals surface area contributed by atoms with Crippen LogP contribution in [0.2, 0.25) is 5.02 Å². The lowest BCUT2D eigenvalue weighted by molar-refractivity contribution is -0.384. The van der Waals surface area contributed by atoms with E-state index in [0.29, 0.717) is 0 Å². The van der Waals surface area contributed by atoms with E-state index in [4.69, 9.17) is 11.6 Å². The van der Waals surface area contributed by atoms with Crippen molar-refractivity contribution >= 4 is 29.1 Å². The van der Waals surface area contributed by atoms with Gasteiger partial charge >= 0.3 is 0 Å². The highest BCUT2D eigenvalue weighted by Crippen LogP contribution is 2.23. The number of nitro benzene ring substituents is 1. The molecule has 0 radical (unpaired) electrons. The van der Waals surface area contributed by atoms with Gasteiger partial charge in [0.2, 0.25) is 5.91 Å². The molecule has 2 N–H and O–H groups in total. The summed E-state index contributed by atoms with van der Waals surface area (Å²) in [5, 5.41) is 16.7. The van der Waals surface area contributed by atoms with E-state index in [-0.39, 0.29) is 34.1 Å². The fourth-order valence-corrected chi connectivity index (χ4v) is 4.41. The summed E-state index contributed by atoms with van der Waals surface area (Å²) in [6.07, 6.45) is 1.68. The van der Waals surface area contributed by atoms with Crippen LogP contribution in [-0.4, -0.2) is 46.8 Å². The standard InChI is InChI=1S/C25H31ClN4O4/c1-16(2)23(28-24(31)21-8-7-20(30(33)34)14-22(21)26)25(32)27-19-9-11-29(12-10-19)15-18-6-4-5-17(3)13-18/h4-8,13-14,16,19,23H,9-12,15H2,1-3H3,(H,27,32)(H,28,31). The number of halogens is 1. The summed E-state index contributed by atoms with van der Waals surface area (Å²) < 4.78 is 0. The molecule has 2 aromatic rings. The van der Waals surface area contributed by atoms with E-state index in [1.54, 1.807) is 0 Å². The minimum atomic E-state index is -0.746. The summed E-state index contributed by atoms with van der Waals surface area (Å²) in [7, 11) is 0. The van der Waals surface area contributed by atoms with Crippen molar-refractivity contribution in [2.45, 2.75) is 52.2 Å². The number of carbonyl (C=O) groups excluding carboxylic acids is 2. The highest BCUT2D eigenvalue weighted by molar-refractivity contribution is 6.34. The van der Waals surface area contributed by atoms with Gasteiger partial charge in [-0.15, -0.1) is 0 Å². The Labute approximate surface area is 204 Å². The normalized spacial score (nSPS) is 15.7.